The van der Waals surface area contributed by atoms with Gasteiger partial charge in [-0.05, 0) is 32.4 Å². The Balaban J connectivity index is 2.95. The van der Waals surface area contributed by atoms with Crippen molar-refractivity contribution in [3.05, 3.63) is 27.0 Å². The van der Waals surface area contributed by atoms with Gasteiger partial charge < -0.3 is 0 Å². The lowest BCUT2D eigenvalue weighted by Crippen LogP contribution is -1.77. The van der Waals surface area contributed by atoms with Crippen LogP contribution in [0.4, 0.5) is 0 Å². The number of hydrogen-bond acceptors (Lipinski definition) is 1. The van der Waals surface area contributed by atoms with Crippen molar-refractivity contribution in [2.45, 2.75) is 20.8 Å². The number of halogens is 1. The minimum atomic E-state index is 0.619. The van der Waals surface area contributed by atoms with Gasteiger partial charge in [0.2, 0.25) is 0 Å². The van der Waals surface area contributed by atoms with Gasteiger partial charge in [-0.2, -0.15) is 0 Å². The molecule has 1 rings (SSSR count). The third kappa shape index (κ3) is 2.36. The van der Waals surface area contributed by atoms with Crippen LogP contribution in [0.15, 0.2) is 11.6 Å². The second kappa shape index (κ2) is 4.11. The molecule has 0 N–H and O–H groups in total. The molecule has 0 aliphatic carbocycles. The van der Waals surface area contributed by atoms with Crippen molar-refractivity contribution in [3.8, 4) is 0 Å². The van der Waals surface area contributed by atoms with Crippen LogP contribution in [-0.4, -0.2) is 5.88 Å². The Bertz CT molecular complexity index is 297. The van der Waals surface area contributed by atoms with E-state index in [-0.39, 0.29) is 0 Å². The van der Waals surface area contributed by atoms with E-state index in [9.17, 15) is 0 Å². The maximum Gasteiger partial charge on any atom is 0.0434 e. The highest BCUT2D eigenvalue weighted by atomic mass is 35.5. The first-order valence-corrected chi connectivity index (χ1v) is 5.28. The van der Waals surface area contributed by atoms with Crippen molar-refractivity contribution in [1.29, 1.82) is 0 Å². The van der Waals surface area contributed by atoms with Gasteiger partial charge >= 0.3 is 0 Å². The molecule has 0 radical (unpaired) electrons. The van der Waals surface area contributed by atoms with E-state index in [4.69, 9.17) is 11.6 Å². The van der Waals surface area contributed by atoms with Gasteiger partial charge in [0.15, 0.2) is 0 Å². The molecule has 0 atom stereocenters. The summed E-state index contributed by atoms with van der Waals surface area (Å²) in [5, 5.41) is 0. The van der Waals surface area contributed by atoms with Gasteiger partial charge in [-0.25, -0.2) is 0 Å². The van der Waals surface area contributed by atoms with Crippen LogP contribution in [-0.2, 0) is 0 Å². The summed E-state index contributed by atoms with van der Waals surface area (Å²) >= 11 is 7.53. The largest absolute Gasteiger partial charge is 0.145 e. The molecule has 1 heterocycles. The molecule has 0 aliphatic rings. The summed E-state index contributed by atoms with van der Waals surface area (Å²) in [6, 6.07) is 2.20. The van der Waals surface area contributed by atoms with Crippen molar-refractivity contribution in [2.24, 2.45) is 0 Å². The van der Waals surface area contributed by atoms with Gasteiger partial charge in [0.1, 0.15) is 0 Å². The van der Waals surface area contributed by atoms with Gasteiger partial charge in [0.25, 0.3) is 0 Å². The molecule has 0 nitrogen and oxygen atoms in total. The summed E-state index contributed by atoms with van der Waals surface area (Å²) in [7, 11) is 0. The summed E-state index contributed by atoms with van der Waals surface area (Å²) in [4.78, 5) is 2.73. The van der Waals surface area contributed by atoms with Crippen LogP contribution in [0.25, 0.3) is 6.08 Å². The Kier molecular flexibility index (Phi) is 3.36. The molecule has 12 heavy (non-hydrogen) atoms. The molecule has 0 bridgehead atoms. The molecule has 0 unspecified atom stereocenters. The highest BCUT2D eigenvalue weighted by Crippen LogP contribution is 2.22. The lowest BCUT2D eigenvalue weighted by atomic mass is 10.2. The van der Waals surface area contributed by atoms with Gasteiger partial charge in [0.05, 0.1) is 0 Å². The minimum absolute atomic E-state index is 0.619. The molecular weight excluding hydrogens is 188 g/mol. The van der Waals surface area contributed by atoms with Crippen molar-refractivity contribution in [1.82, 2.24) is 0 Å². The third-order valence-electron chi connectivity index (χ3n) is 1.69. The van der Waals surface area contributed by atoms with Crippen LogP contribution >= 0.6 is 22.9 Å². The number of alkyl halides is 1. The van der Waals surface area contributed by atoms with E-state index in [0.717, 1.165) is 0 Å². The Morgan fingerprint density at radius 1 is 1.58 bits per heavy atom. The smallest absolute Gasteiger partial charge is 0.0434 e. The summed E-state index contributed by atoms with van der Waals surface area (Å²) in [5.41, 5.74) is 2.54. The van der Waals surface area contributed by atoms with Gasteiger partial charge in [-0.1, -0.05) is 11.6 Å². The van der Waals surface area contributed by atoms with Crippen LogP contribution in [0.1, 0.15) is 22.2 Å². The van der Waals surface area contributed by atoms with Gasteiger partial charge in [0, 0.05) is 15.6 Å². The first-order chi connectivity index (χ1) is 5.63. The molecule has 2 heteroatoms. The molecule has 1 aromatic heterocycles. The Labute approximate surface area is 82.9 Å². The van der Waals surface area contributed by atoms with E-state index < -0.39 is 0 Å². The van der Waals surface area contributed by atoms with Gasteiger partial charge in [-0.3, -0.25) is 0 Å². The van der Waals surface area contributed by atoms with E-state index in [2.05, 4.69) is 32.9 Å². The average Bonchev–Trinajstić information content (AvgIpc) is 2.30. The zero-order chi connectivity index (χ0) is 9.14. The van der Waals surface area contributed by atoms with Crippen LogP contribution < -0.4 is 0 Å². The fourth-order valence-electron chi connectivity index (χ4n) is 1.10. The molecule has 0 amide bonds. The zero-order valence-electron chi connectivity index (χ0n) is 7.65. The summed E-state index contributed by atoms with van der Waals surface area (Å²) in [6.45, 7) is 6.33. The molecule has 0 spiro atoms. The van der Waals surface area contributed by atoms with E-state index >= 15 is 0 Å². The molecule has 0 aromatic carbocycles. The molecule has 66 valence electrons. The first-order valence-electron chi connectivity index (χ1n) is 3.93. The van der Waals surface area contributed by atoms with Crippen LogP contribution in [0.5, 0.6) is 0 Å². The lowest BCUT2D eigenvalue weighted by Gasteiger charge is -1.93. The SMILES string of the molecule is CC(=Cc1cc(C)sc1C)CCl. The first kappa shape index (κ1) is 9.82. The van der Waals surface area contributed by atoms with Crippen molar-refractivity contribution in [2.75, 3.05) is 5.88 Å². The number of rotatable bonds is 2. The van der Waals surface area contributed by atoms with Crippen LogP contribution in [0.2, 0.25) is 0 Å². The normalized spacial score (nSPS) is 12.2. The van der Waals surface area contributed by atoms with Crippen LogP contribution in [0.3, 0.4) is 0 Å². The maximum atomic E-state index is 5.70. The third-order valence-corrected chi connectivity index (χ3v) is 3.10. The van der Waals surface area contributed by atoms with Gasteiger partial charge in [-0.15, -0.1) is 22.9 Å². The average molecular weight is 201 g/mol. The van der Waals surface area contributed by atoms with E-state index in [1.165, 1.54) is 20.9 Å². The number of thiophene rings is 1. The van der Waals surface area contributed by atoms with Crippen molar-refractivity contribution in [3.63, 3.8) is 0 Å². The van der Waals surface area contributed by atoms with E-state index in [1.54, 1.807) is 0 Å². The second-order valence-corrected chi connectivity index (χ2v) is 4.72. The molecule has 0 saturated heterocycles. The quantitative estimate of drug-likeness (QED) is 0.633. The maximum absolute atomic E-state index is 5.70. The monoisotopic (exact) mass is 200 g/mol. The highest BCUT2D eigenvalue weighted by Gasteiger charge is 1.99. The zero-order valence-corrected chi connectivity index (χ0v) is 9.22. The predicted octanol–water partition coefficient (Wildman–Crippen LogP) is 4.01. The van der Waals surface area contributed by atoms with Crippen LogP contribution in [0, 0.1) is 13.8 Å². The molecule has 0 saturated carbocycles. The predicted molar refractivity (Wildman–Crippen MR) is 58.2 cm³/mol. The number of hydrogen-bond donors (Lipinski definition) is 0. The fraction of sp³-hybridized carbons (Fsp3) is 0.400. The standard InChI is InChI=1S/C10H13ClS/c1-7(6-11)4-10-5-8(2)12-9(10)3/h4-5H,6H2,1-3H3. The van der Waals surface area contributed by atoms with Crippen molar-refractivity contribution < 1.29 is 0 Å². The molecular formula is C10H13ClS. The lowest BCUT2D eigenvalue weighted by molar-refractivity contribution is 1.42. The minimum Gasteiger partial charge on any atom is -0.145 e. The number of aryl methyl sites for hydroxylation is 2. The topological polar surface area (TPSA) is 0 Å². The Morgan fingerprint density at radius 3 is 2.67 bits per heavy atom. The Morgan fingerprint density at radius 2 is 2.25 bits per heavy atom. The van der Waals surface area contributed by atoms with E-state index in [1.807, 2.05) is 11.3 Å². The summed E-state index contributed by atoms with van der Waals surface area (Å²) < 4.78 is 0. The molecule has 0 aliphatic heterocycles. The molecule has 0 fully saturated rings. The number of allylic oxidation sites excluding steroid dienone is 1. The second-order valence-electron chi connectivity index (χ2n) is 2.99. The van der Waals surface area contributed by atoms with Crippen molar-refractivity contribution >= 4 is 29.0 Å². The molecule has 1 aromatic rings. The fourth-order valence-corrected chi connectivity index (χ4v) is 2.08. The highest BCUT2D eigenvalue weighted by molar-refractivity contribution is 7.12. The summed E-state index contributed by atoms with van der Waals surface area (Å²) in [5.74, 6) is 0.619. The summed E-state index contributed by atoms with van der Waals surface area (Å²) in [6.07, 6.45) is 2.16. The Hall–Kier alpha value is -0.270. The van der Waals surface area contributed by atoms with E-state index in [0.29, 0.717) is 5.88 Å².